The summed E-state index contributed by atoms with van der Waals surface area (Å²) < 4.78 is 5.33. The molecule has 0 spiro atoms. The summed E-state index contributed by atoms with van der Waals surface area (Å²) in [7, 11) is 0. The number of hydrogen-bond donors (Lipinski definition) is 4. The summed E-state index contributed by atoms with van der Waals surface area (Å²) in [5.41, 5.74) is 9.58. The van der Waals surface area contributed by atoms with Gasteiger partial charge in [-0.25, -0.2) is 4.98 Å². The van der Waals surface area contributed by atoms with Crippen LogP contribution >= 0.6 is 23.7 Å². The van der Waals surface area contributed by atoms with Crippen molar-refractivity contribution in [1.29, 1.82) is 0 Å². The molecule has 1 aromatic carbocycles. The molecule has 2 heterocycles. The molecule has 0 radical (unpaired) electrons. The zero-order chi connectivity index (χ0) is 28.7. The second kappa shape index (κ2) is 14.9. The molecule has 2 aromatic rings. The molecule has 1 aliphatic heterocycles. The number of nitrogens with one attached hydrogen (secondary N) is 2. The molecule has 0 aliphatic carbocycles. The van der Waals surface area contributed by atoms with Crippen LogP contribution in [0.1, 0.15) is 57.8 Å². The van der Waals surface area contributed by atoms with Crippen LogP contribution in [0.25, 0.3) is 10.4 Å². The summed E-state index contributed by atoms with van der Waals surface area (Å²) in [5, 5.41) is 16.2. The molecule has 4 atom stereocenters. The maximum absolute atomic E-state index is 13.7. The Bertz CT molecular complexity index is 1140. The molecule has 40 heavy (non-hydrogen) atoms. The van der Waals surface area contributed by atoms with Crippen LogP contribution < -0.4 is 16.4 Å². The third-order valence-corrected chi connectivity index (χ3v) is 7.76. The number of carbonyl (C=O) groups excluding carboxylic acids is 3. The molecule has 1 fully saturated rings. The lowest BCUT2D eigenvalue weighted by Crippen LogP contribution is -2.58. The number of aromatic nitrogens is 1. The number of carbonyl (C=O) groups is 3. The Balaban J connectivity index is 0.00000560. The molecule has 1 aliphatic rings. The Morgan fingerprint density at radius 2 is 1.90 bits per heavy atom. The van der Waals surface area contributed by atoms with Crippen LogP contribution in [-0.2, 0) is 19.1 Å². The number of halogens is 1. The van der Waals surface area contributed by atoms with Gasteiger partial charge >= 0.3 is 0 Å². The number of rotatable bonds is 11. The summed E-state index contributed by atoms with van der Waals surface area (Å²) in [5.74, 6) is -1.18. The van der Waals surface area contributed by atoms with E-state index in [4.69, 9.17) is 10.5 Å². The average molecular weight is 596 g/mol. The van der Waals surface area contributed by atoms with Crippen molar-refractivity contribution in [2.75, 3.05) is 26.3 Å². The summed E-state index contributed by atoms with van der Waals surface area (Å²) in [6.45, 7) is 10.0. The van der Waals surface area contributed by atoms with E-state index in [0.29, 0.717) is 19.6 Å². The van der Waals surface area contributed by atoms with E-state index in [1.165, 1.54) is 4.90 Å². The number of aryl methyl sites for hydroxylation is 1. The average Bonchev–Trinajstić information content (AvgIpc) is 3.49. The Morgan fingerprint density at radius 1 is 1.23 bits per heavy atom. The number of likely N-dealkylation sites (tertiary alicyclic amines) is 1. The standard InChI is InChI=1S/C28H41N5O5S.ClH/c1-17(19-7-9-20(10-8-19)24-18(2)30-16-39-24)31-26(36)22-13-21(34)14-33(22)27(37)25(28(3,4)5)32-23(35)15-38-12-6-11-29;/h7-10,16-17,21-22,25,34H,6,11-15,29H2,1-5H3,(H,31,36)(H,32,35);1H/t17?,21-,22+,25?;/m1./s1. The molecule has 10 nitrogen and oxygen atoms in total. The van der Waals surface area contributed by atoms with E-state index >= 15 is 0 Å². The van der Waals surface area contributed by atoms with Gasteiger partial charge in [-0.2, -0.15) is 0 Å². The Kier molecular flexibility index (Phi) is 12.5. The van der Waals surface area contributed by atoms with Gasteiger partial charge in [0.2, 0.25) is 17.7 Å². The number of aliphatic hydroxyl groups is 1. The van der Waals surface area contributed by atoms with Gasteiger partial charge in [0.25, 0.3) is 0 Å². The van der Waals surface area contributed by atoms with Crippen LogP contribution in [0.15, 0.2) is 29.8 Å². The molecule has 3 amide bonds. The lowest BCUT2D eigenvalue weighted by molar-refractivity contribution is -0.144. The SMILES string of the molecule is Cc1ncsc1-c1ccc(C(C)NC(=O)[C@@H]2C[C@@H](O)CN2C(=O)C(NC(=O)COCCCN)C(C)(C)C)cc1.Cl. The number of ether oxygens (including phenoxy) is 1. The molecule has 0 saturated carbocycles. The van der Waals surface area contributed by atoms with Gasteiger partial charge in [0, 0.05) is 19.6 Å². The topological polar surface area (TPSA) is 147 Å². The van der Waals surface area contributed by atoms with Crippen molar-refractivity contribution >= 4 is 41.5 Å². The lowest BCUT2D eigenvalue weighted by atomic mass is 9.85. The number of hydrogen-bond acceptors (Lipinski definition) is 8. The summed E-state index contributed by atoms with van der Waals surface area (Å²) in [6, 6.07) is 5.88. The number of β-amino-alcohol motifs (C(OH)–C–C–N with tert-alkyl or cyclic N) is 1. The number of amides is 3. The quantitative estimate of drug-likeness (QED) is 0.292. The number of nitrogens with two attached hydrogens (primary N) is 1. The Labute approximate surface area is 246 Å². The Morgan fingerprint density at radius 3 is 2.48 bits per heavy atom. The highest BCUT2D eigenvalue weighted by Crippen LogP contribution is 2.29. The third kappa shape index (κ3) is 8.71. The molecule has 3 rings (SSSR count). The fraction of sp³-hybridized carbons (Fsp3) is 0.571. The van der Waals surface area contributed by atoms with E-state index in [0.717, 1.165) is 21.7 Å². The van der Waals surface area contributed by atoms with Crippen molar-refractivity contribution in [1.82, 2.24) is 20.5 Å². The first-order valence-corrected chi connectivity index (χ1v) is 14.2. The van der Waals surface area contributed by atoms with Crippen molar-refractivity contribution < 1.29 is 24.2 Å². The van der Waals surface area contributed by atoms with Crippen molar-refractivity contribution in [3.8, 4) is 10.4 Å². The van der Waals surface area contributed by atoms with Gasteiger partial charge in [-0.1, -0.05) is 45.0 Å². The molecular formula is C28H42ClN5O5S. The monoisotopic (exact) mass is 595 g/mol. The van der Waals surface area contributed by atoms with Gasteiger partial charge in [-0.05, 0) is 43.4 Å². The number of aliphatic hydroxyl groups excluding tert-OH is 1. The normalized spacial score (nSPS) is 18.5. The van der Waals surface area contributed by atoms with Gasteiger partial charge in [0.15, 0.2) is 0 Å². The minimum atomic E-state index is -0.899. The highest BCUT2D eigenvalue weighted by atomic mass is 35.5. The molecular weight excluding hydrogens is 554 g/mol. The molecule has 2 unspecified atom stereocenters. The minimum Gasteiger partial charge on any atom is -0.391 e. The predicted octanol–water partition coefficient (Wildman–Crippen LogP) is 2.58. The fourth-order valence-electron chi connectivity index (χ4n) is 4.57. The summed E-state index contributed by atoms with van der Waals surface area (Å²) in [6.07, 6.45) is -0.0788. The molecule has 222 valence electrons. The zero-order valence-electron chi connectivity index (χ0n) is 23.8. The Hall–Kier alpha value is -2.57. The molecule has 12 heteroatoms. The fourth-order valence-corrected chi connectivity index (χ4v) is 5.38. The zero-order valence-corrected chi connectivity index (χ0v) is 25.4. The van der Waals surface area contributed by atoms with Crippen molar-refractivity contribution in [2.45, 2.75) is 71.7 Å². The first-order chi connectivity index (χ1) is 18.4. The molecule has 1 saturated heterocycles. The van der Waals surface area contributed by atoms with E-state index in [1.54, 1.807) is 11.3 Å². The van der Waals surface area contributed by atoms with E-state index in [9.17, 15) is 19.5 Å². The summed E-state index contributed by atoms with van der Waals surface area (Å²) >= 11 is 1.58. The van der Waals surface area contributed by atoms with Crippen molar-refractivity contribution in [3.05, 3.63) is 41.0 Å². The van der Waals surface area contributed by atoms with Crippen LogP contribution in [0, 0.1) is 12.3 Å². The van der Waals surface area contributed by atoms with E-state index < -0.39 is 35.4 Å². The predicted molar refractivity (Wildman–Crippen MR) is 158 cm³/mol. The smallest absolute Gasteiger partial charge is 0.246 e. The number of benzene rings is 1. The largest absolute Gasteiger partial charge is 0.391 e. The second-order valence-corrected chi connectivity index (χ2v) is 11.9. The van der Waals surface area contributed by atoms with Crippen LogP contribution in [-0.4, -0.2) is 77.2 Å². The van der Waals surface area contributed by atoms with Gasteiger partial charge in [0.05, 0.1) is 28.2 Å². The van der Waals surface area contributed by atoms with Gasteiger partial charge in [0.1, 0.15) is 18.7 Å². The maximum Gasteiger partial charge on any atom is 0.246 e. The highest BCUT2D eigenvalue weighted by Gasteiger charge is 2.44. The molecule has 0 bridgehead atoms. The first kappa shape index (κ1) is 33.6. The van der Waals surface area contributed by atoms with Crippen LogP contribution in [0.5, 0.6) is 0 Å². The summed E-state index contributed by atoms with van der Waals surface area (Å²) in [4.78, 5) is 46.3. The molecule has 5 N–H and O–H groups in total. The van der Waals surface area contributed by atoms with E-state index in [2.05, 4.69) is 15.6 Å². The minimum absolute atomic E-state index is 0. The van der Waals surface area contributed by atoms with Crippen molar-refractivity contribution in [2.24, 2.45) is 11.1 Å². The van der Waals surface area contributed by atoms with Gasteiger partial charge in [-0.3, -0.25) is 14.4 Å². The highest BCUT2D eigenvalue weighted by molar-refractivity contribution is 7.13. The first-order valence-electron chi connectivity index (χ1n) is 13.3. The second-order valence-electron chi connectivity index (χ2n) is 11.1. The van der Waals surface area contributed by atoms with Crippen LogP contribution in [0.3, 0.4) is 0 Å². The van der Waals surface area contributed by atoms with Crippen LogP contribution in [0.4, 0.5) is 0 Å². The third-order valence-electron chi connectivity index (χ3n) is 6.79. The van der Waals surface area contributed by atoms with Gasteiger partial charge < -0.3 is 31.1 Å². The van der Waals surface area contributed by atoms with Crippen LogP contribution in [0.2, 0.25) is 0 Å². The lowest BCUT2D eigenvalue weighted by Gasteiger charge is -2.35. The molecule has 1 aromatic heterocycles. The maximum atomic E-state index is 13.7. The van der Waals surface area contributed by atoms with Crippen molar-refractivity contribution in [3.63, 3.8) is 0 Å². The number of thiazole rings is 1. The van der Waals surface area contributed by atoms with E-state index in [1.807, 2.05) is 64.4 Å². The van der Waals surface area contributed by atoms with Gasteiger partial charge in [-0.15, -0.1) is 23.7 Å². The van der Waals surface area contributed by atoms with E-state index in [-0.39, 0.29) is 43.9 Å². The number of nitrogens with zero attached hydrogens (tertiary/aromatic N) is 2.